The molecule has 0 saturated carbocycles. The lowest BCUT2D eigenvalue weighted by molar-refractivity contribution is -0.136. The van der Waals surface area contributed by atoms with Gasteiger partial charge in [0, 0.05) is 10.4 Å². The van der Waals surface area contributed by atoms with Gasteiger partial charge < -0.3 is 9.52 Å². The predicted octanol–water partition coefficient (Wildman–Crippen LogP) is 5.86. The lowest BCUT2D eigenvalue weighted by Gasteiger charge is -2.15. The van der Waals surface area contributed by atoms with Crippen molar-refractivity contribution in [3.63, 3.8) is 0 Å². The van der Waals surface area contributed by atoms with Crippen LogP contribution in [0.3, 0.4) is 0 Å². The molecule has 0 saturated heterocycles. The number of carboxylic acid groups (broad SMARTS) is 1. The molecule has 0 radical (unpaired) electrons. The van der Waals surface area contributed by atoms with E-state index in [0.29, 0.717) is 33.2 Å². The number of carbonyl (C=O) groups is 1. The molecular weight excluding hydrogens is 404 g/mol. The van der Waals surface area contributed by atoms with Gasteiger partial charge in [-0.1, -0.05) is 48.2 Å². The van der Waals surface area contributed by atoms with E-state index in [1.165, 1.54) is 11.3 Å². The number of thioether (sulfide) groups is 1. The Kier molecular flexibility index (Phi) is 5.47. The molecule has 0 spiro atoms. The summed E-state index contributed by atoms with van der Waals surface area (Å²) in [5.41, 5.74) is 2.26. The van der Waals surface area contributed by atoms with Crippen LogP contribution in [0.2, 0.25) is 0 Å². The van der Waals surface area contributed by atoms with Gasteiger partial charge in [0.05, 0.1) is 11.8 Å². The second-order valence-electron chi connectivity index (χ2n) is 6.05. The molecule has 1 aromatic carbocycles. The van der Waals surface area contributed by atoms with Gasteiger partial charge in [-0.05, 0) is 35.2 Å². The Labute approximate surface area is 175 Å². The number of benzene rings is 1. The number of furan rings is 1. The number of pyridine rings is 1. The van der Waals surface area contributed by atoms with E-state index in [-0.39, 0.29) is 0 Å². The van der Waals surface area contributed by atoms with Gasteiger partial charge in [-0.2, -0.15) is 5.26 Å². The van der Waals surface area contributed by atoms with Crippen molar-refractivity contribution in [2.75, 3.05) is 0 Å². The molecule has 29 heavy (non-hydrogen) atoms. The van der Waals surface area contributed by atoms with E-state index in [0.717, 1.165) is 16.6 Å². The average Bonchev–Trinajstić information content (AvgIpc) is 3.46. The van der Waals surface area contributed by atoms with Crippen molar-refractivity contribution in [1.82, 2.24) is 4.98 Å². The van der Waals surface area contributed by atoms with Crippen LogP contribution in [-0.2, 0) is 4.79 Å². The van der Waals surface area contributed by atoms with Crippen LogP contribution in [0.4, 0.5) is 0 Å². The van der Waals surface area contributed by atoms with Crippen molar-refractivity contribution in [2.24, 2.45) is 0 Å². The Morgan fingerprint density at radius 3 is 2.62 bits per heavy atom. The summed E-state index contributed by atoms with van der Waals surface area (Å²) in [6, 6.07) is 20.3. The number of carboxylic acids is 1. The van der Waals surface area contributed by atoms with Crippen molar-refractivity contribution in [1.29, 1.82) is 5.26 Å². The molecule has 0 aliphatic rings. The summed E-state index contributed by atoms with van der Waals surface area (Å²) in [4.78, 5) is 17.5. The van der Waals surface area contributed by atoms with Crippen LogP contribution in [0.1, 0.15) is 16.4 Å². The van der Waals surface area contributed by atoms with E-state index < -0.39 is 11.2 Å². The maximum atomic E-state index is 12.0. The number of aliphatic carboxylic acids is 1. The SMILES string of the molecule is N#Cc1c(-c2cccs2)cc(-c2ccco2)nc1SC(C(=O)O)c1ccccc1. The summed E-state index contributed by atoms with van der Waals surface area (Å²) < 4.78 is 5.49. The van der Waals surface area contributed by atoms with E-state index in [1.54, 1.807) is 42.7 Å². The summed E-state index contributed by atoms with van der Waals surface area (Å²) in [6.07, 6.45) is 1.55. The lowest BCUT2D eigenvalue weighted by Crippen LogP contribution is -2.09. The Morgan fingerprint density at radius 1 is 1.17 bits per heavy atom. The average molecular weight is 418 g/mol. The third kappa shape index (κ3) is 3.94. The van der Waals surface area contributed by atoms with Crippen molar-refractivity contribution in [3.05, 3.63) is 83.4 Å². The molecule has 4 rings (SSSR count). The van der Waals surface area contributed by atoms with Gasteiger partial charge >= 0.3 is 5.97 Å². The number of thiophene rings is 1. The Balaban J connectivity index is 1.87. The molecule has 4 aromatic rings. The molecule has 1 atom stereocenters. The summed E-state index contributed by atoms with van der Waals surface area (Å²) in [6.45, 7) is 0. The minimum atomic E-state index is -0.993. The van der Waals surface area contributed by atoms with Gasteiger partial charge in [0.25, 0.3) is 0 Å². The van der Waals surface area contributed by atoms with Crippen molar-refractivity contribution in [2.45, 2.75) is 10.3 Å². The highest BCUT2D eigenvalue weighted by atomic mass is 32.2. The van der Waals surface area contributed by atoms with Gasteiger partial charge in [0.1, 0.15) is 22.0 Å². The zero-order valence-electron chi connectivity index (χ0n) is 15.0. The second-order valence-corrected chi connectivity index (χ2v) is 8.09. The standard InChI is InChI=1S/C22H14N2O3S2/c23-13-16-15(19-9-5-11-28-19)12-17(18-8-4-10-27-18)24-21(16)29-20(22(25)26)14-6-2-1-3-7-14/h1-12,20H,(H,25,26). The van der Waals surface area contributed by atoms with Gasteiger partial charge in [-0.25, -0.2) is 4.98 Å². The van der Waals surface area contributed by atoms with Crippen molar-refractivity contribution < 1.29 is 14.3 Å². The monoisotopic (exact) mass is 418 g/mol. The topological polar surface area (TPSA) is 87.1 Å². The van der Waals surface area contributed by atoms with Gasteiger partial charge in [0.2, 0.25) is 0 Å². The smallest absolute Gasteiger partial charge is 0.321 e. The zero-order chi connectivity index (χ0) is 20.2. The molecule has 142 valence electrons. The first-order valence-corrected chi connectivity index (χ1v) is 10.4. The summed E-state index contributed by atoms with van der Waals surface area (Å²) in [5, 5.41) is 21.1. The highest BCUT2D eigenvalue weighted by molar-refractivity contribution is 8.00. The van der Waals surface area contributed by atoms with Crippen molar-refractivity contribution >= 4 is 29.1 Å². The first kappa shape index (κ1) is 19.0. The molecule has 1 unspecified atom stereocenters. The maximum Gasteiger partial charge on any atom is 0.321 e. The quantitative estimate of drug-likeness (QED) is 0.395. The lowest BCUT2D eigenvalue weighted by atomic mass is 10.1. The minimum absolute atomic E-state index is 0.356. The van der Waals surface area contributed by atoms with E-state index in [4.69, 9.17) is 4.42 Å². The van der Waals surface area contributed by atoms with Crippen LogP contribution in [-0.4, -0.2) is 16.1 Å². The summed E-state index contributed by atoms with van der Waals surface area (Å²) in [7, 11) is 0. The molecule has 0 amide bonds. The highest BCUT2D eigenvalue weighted by Gasteiger charge is 2.26. The van der Waals surface area contributed by atoms with Crippen LogP contribution in [0.15, 0.2) is 81.8 Å². The van der Waals surface area contributed by atoms with Crippen LogP contribution >= 0.6 is 23.1 Å². The normalized spacial score (nSPS) is 11.7. The molecule has 1 N–H and O–H groups in total. The first-order valence-electron chi connectivity index (χ1n) is 8.64. The maximum absolute atomic E-state index is 12.0. The fourth-order valence-corrected chi connectivity index (χ4v) is 4.68. The van der Waals surface area contributed by atoms with E-state index in [2.05, 4.69) is 11.1 Å². The molecule has 0 bridgehead atoms. The van der Waals surface area contributed by atoms with Gasteiger partial charge in [-0.3, -0.25) is 4.79 Å². The minimum Gasteiger partial charge on any atom is -0.480 e. The number of nitrogens with zero attached hydrogens (tertiary/aromatic N) is 2. The largest absolute Gasteiger partial charge is 0.480 e. The van der Waals surface area contributed by atoms with Crippen LogP contribution in [0.25, 0.3) is 21.9 Å². The summed E-state index contributed by atoms with van der Waals surface area (Å²) in [5.74, 6) is -0.436. The fourth-order valence-electron chi connectivity index (χ4n) is 2.89. The Hall–Kier alpha value is -3.34. The number of aromatic nitrogens is 1. The third-order valence-corrected chi connectivity index (χ3v) is 6.35. The van der Waals surface area contributed by atoms with Crippen LogP contribution in [0, 0.1) is 11.3 Å². The zero-order valence-corrected chi connectivity index (χ0v) is 16.6. The molecule has 3 heterocycles. The molecule has 3 aromatic heterocycles. The second kappa shape index (κ2) is 8.35. The Bertz CT molecular complexity index is 1170. The highest BCUT2D eigenvalue weighted by Crippen LogP contribution is 2.41. The predicted molar refractivity (Wildman–Crippen MR) is 113 cm³/mol. The molecule has 0 fully saturated rings. The number of hydrogen-bond donors (Lipinski definition) is 1. The fraction of sp³-hybridized carbons (Fsp3) is 0.0455. The molecule has 7 heteroatoms. The number of rotatable bonds is 6. The Morgan fingerprint density at radius 2 is 2.00 bits per heavy atom. The molecule has 0 aliphatic carbocycles. The number of nitriles is 1. The van der Waals surface area contributed by atoms with Crippen LogP contribution in [0.5, 0.6) is 0 Å². The van der Waals surface area contributed by atoms with Gasteiger partial charge in [0.15, 0.2) is 5.76 Å². The molecular formula is C22H14N2O3S2. The van der Waals surface area contributed by atoms with Gasteiger partial charge in [-0.15, -0.1) is 11.3 Å². The molecule has 0 aliphatic heterocycles. The van der Waals surface area contributed by atoms with Crippen LogP contribution < -0.4 is 0 Å². The van der Waals surface area contributed by atoms with Crippen molar-refractivity contribution in [3.8, 4) is 28.0 Å². The molecule has 5 nitrogen and oxygen atoms in total. The number of hydrogen-bond acceptors (Lipinski definition) is 6. The van der Waals surface area contributed by atoms with E-state index in [1.807, 2.05) is 29.6 Å². The first-order chi connectivity index (χ1) is 14.2. The van der Waals surface area contributed by atoms with E-state index >= 15 is 0 Å². The van der Waals surface area contributed by atoms with E-state index in [9.17, 15) is 15.2 Å². The summed E-state index contributed by atoms with van der Waals surface area (Å²) >= 11 is 2.56. The third-order valence-electron chi connectivity index (χ3n) is 4.21.